The van der Waals surface area contributed by atoms with Crippen molar-refractivity contribution in [3.05, 3.63) is 69.2 Å². The van der Waals surface area contributed by atoms with E-state index in [1.165, 1.54) is 0 Å². The molecule has 0 saturated carbocycles. The molecule has 1 fully saturated rings. The molecule has 1 aliphatic rings. The van der Waals surface area contributed by atoms with E-state index >= 15 is 0 Å². The van der Waals surface area contributed by atoms with Gasteiger partial charge in [-0.05, 0) is 43.7 Å². The quantitative estimate of drug-likeness (QED) is 0.672. The van der Waals surface area contributed by atoms with Gasteiger partial charge in [-0.25, -0.2) is 0 Å². The van der Waals surface area contributed by atoms with Crippen LogP contribution in [0.15, 0.2) is 53.0 Å². The van der Waals surface area contributed by atoms with Crippen molar-refractivity contribution >= 4 is 33.3 Å². The molecule has 23 heavy (non-hydrogen) atoms. The van der Waals surface area contributed by atoms with Crippen LogP contribution in [0.4, 0.5) is 0 Å². The number of Topliss-reactive ketones (excluding diaryl/α,β-unsaturated/α-hetero) is 1. The van der Waals surface area contributed by atoms with Crippen LogP contribution in [0.25, 0.3) is 0 Å². The molecule has 3 rings (SSSR count). The fourth-order valence-corrected chi connectivity index (χ4v) is 3.02. The van der Waals surface area contributed by atoms with Gasteiger partial charge >= 0.3 is 0 Å². The van der Waals surface area contributed by atoms with Crippen LogP contribution >= 0.6 is 27.5 Å². The lowest BCUT2D eigenvalue weighted by molar-refractivity contribution is -0.143. The minimum atomic E-state index is -0.819. The molecule has 1 aliphatic heterocycles. The van der Waals surface area contributed by atoms with Crippen molar-refractivity contribution < 1.29 is 14.3 Å². The van der Waals surface area contributed by atoms with Crippen LogP contribution in [-0.2, 0) is 9.47 Å². The second-order valence-corrected chi connectivity index (χ2v) is 7.25. The Hall–Kier alpha value is -1.20. The van der Waals surface area contributed by atoms with Crippen LogP contribution in [-0.4, -0.2) is 17.7 Å². The Bertz CT molecular complexity index is 710. The summed E-state index contributed by atoms with van der Waals surface area (Å²) in [6, 6.07) is 14.5. The maximum Gasteiger partial charge on any atom is 0.194 e. The molecule has 0 radical (unpaired) electrons. The molecule has 5 heteroatoms. The van der Waals surface area contributed by atoms with Crippen molar-refractivity contribution in [3.63, 3.8) is 0 Å². The van der Waals surface area contributed by atoms with E-state index in [4.69, 9.17) is 21.1 Å². The molecule has 0 amide bonds. The predicted molar refractivity (Wildman–Crippen MR) is 92.7 cm³/mol. The molecule has 0 spiro atoms. The molecule has 1 heterocycles. The zero-order valence-electron chi connectivity index (χ0n) is 12.8. The lowest BCUT2D eigenvalue weighted by atomic mass is 9.97. The van der Waals surface area contributed by atoms with Crippen molar-refractivity contribution in [1.82, 2.24) is 0 Å². The number of benzene rings is 2. The first-order valence-electron chi connectivity index (χ1n) is 7.27. The first-order valence-corrected chi connectivity index (χ1v) is 8.44. The van der Waals surface area contributed by atoms with Crippen molar-refractivity contribution in [2.24, 2.45) is 0 Å². The zero-order chi connectivity index (χ0) is 16.6. The van der Waals surface area contributed by atoms with E-state index in [1.807, 2.05) is 38.1 Å². The topological polar surface area (TPSA) is 35.5 Å². The van der Waals surface area contributed by atoms with Crippen LogP contribution in [0.3, 0.4) is 0 Å². The minimum Gasteiger partial charge on any atom is -0.339 e. The maximum absolute atomic E-state index is 12.9. The highest BCUT2D eigenvalue weighted by molar-refractivity contribution is 9.10. The van der Waals surface area contributed by atoms with Crippen LogP contribution < -0.4 is 0 Å². The summed E-state index contributed by atoms with van der Waals surface area (Å²) in [5.41, 5.74) is 1.47. The van der Waals surface area contributed by atoms with Gasteiger partial charge in [-0.3, -0.25) is 4.79 Å². The molecule has 2 aromatic carbocycles. The number of halogens is 2. The third kappa shape index (κ3) is 3.66. The Morgan fingerprint density at radius 1 is 1.04 bits per heavy atom. The van der Waals surface area contributed by atoms with E-state index in [1.54, 1.807) is 24.3 Å². The summed E-state index contributed by atoms with van der Waals surface area (Å²) in [4.78, 5) is 12.9. The standard InChI is InChI=1S/C18H16BrClO3/c1-18(2)22-16(12-5-9-14(20)10-6-12)17(23-18)15(21)11-3-7-13(19)8-4-11/h3-10,16-17H,1-2H3/t16-,17+/m1/s1. The van der Waals surface area contributed by atoms with E-state index in [9.17, 15) is 4.79 Å². The first-order chi connectivity index (χ1) is 10.9. The van der Waals surface area contributed by atoms with Crippen LogP contribution in [0.1, 0.15) is 35.9 Å². The van der Waals surface area contributed by atoms with E-state index in [-0.39, 0.29) is 5.78 Å². The number of carbonyl (C=O) groups excluding carboxylic acids is 1. The van der Waals surface area contributed by atoms with E-state index < -0.39 is 18.0 Å². The summed E-state index contributed by atoms with van der Waals surface area (Å²) in [6.07, 6.45) is -1.15. The summed E-state index contributed by atoms with van der Waals surface area (Å²) >= 11 is 9.31. The Morgan fingerprint density at radius 3 is 2.26 bits per heavy atom. The lowest BCUT2D eigenvalue weighted by Crippen LogP contribution is -2.28. The molecular weight excluding hydrogens is 380 g/mol. The molecule has 120 valence electrons. The average molecular weight is 396 g/mol. The molecule has 0 aromatic heterocycles. The van der Waals surface area contributed by atoms with Gasteiger partial charge in [-0.1, -0.05) is 51.8 Å². The Labute approximate surface area is 148 Å². The van der Waals surface area contributed by atoms with Gasteiger partial charge in [0.1, 0.15) is 6.10 Å². The molecule has 0 N–H and O–H groups in total. The molecule has 0 unspecified atom stereocenters. The molecular formula is C18H16BrClO3. The second-order valence-electron chi connectivity index (χ2n) is 5.90. The predicted octanol–water partition coefficient (Wildman–Crippen LogP) is 5.18. The Kier molecular flexibility index (Phi) is 4.61. The SMILES string of the molecule is CC1(C)O[C@H](c2ccc(Cl)cc2)[C@H](C(=O)c2ccc(Br)cc2)O1. The molecule has 3 nitrogen and oxygen atoms in total. The number of rotatable bonds is 3. The maximum atomic E-state index is 12.9. The van der Waals surface area contributed by atoms with Crippen molar-refractivity contribution in [3.8, 4) is 0 Å². The van der Waals surface area contributed by atoms with Gasteiger partial charge in [0.15, 0.2) is 17.7 Å². The zero-order valence-corrected chi connectivity index (χ0v) is 15.1. The fraction of sp³-hybridized carbons (Fsp3) is 0.278. The van der Waals surface area contributed by atoms with Crippen LogP contribution in [0.2, 0.25) is 5.02 Å². The van der Waals surface area contributed by atoms with Crippen molar-refractivity contribution in [2.75, 3.05) is 0 Å². The summed E-state index contributed by atoms with van der Waals surface area (Å²) in [5.74, 6) is -0.914. The largest absolute Gasteiger partial charge is 0.339 e. The van der Waals surface area contributed by atoms with Crippen molar-refractivity contribution in [2.45, 2.75) is 31.8 Å². The average Bonchev–Trinajstić information content (AvgIpc) is 2.84. The summed E-state index contributed by atoms with van der Waals surface area (Å²) in [7, 11) is 0. The second kappa shape index (κ2) is 6.36. The number of carbonyl (C=O) groups is 1. The Balaban J connectivity index is 1.92. The van der Waals surface area contributed by atoms with Gasteiger partial charge in [-0.15, -0.1) is 0 Å². The van der Waals surface area contributed by atoms with Crippen LogP contribution in [0, 0.1) is 0 Å². The third-order valence-corrected chi connectivity index (χ3v) is 4.46. The summed E-state index contributed by atoms with van der Waals surface area (Å²) in [6.45, 7) is 3.62. The highest BCUT2D eigenvalue weighted by Gasteiger charge is 2.45. The fourth-order valence-electron chi connectivity index (χ4n) is 2.63. The number of ether oxygens (including phenoxy) is 2. The van der Waals surface area contributed by atoms with E-state index in [0.29, 0.717) is 10.6 Å². The monoisotopic (exact) mass is 394 g/mol. The highest BCUT2D eigenvalue weighted by Crippen LogP contribution is 2.39. The number of ketones is 1. The molecule has 2 atom stereocenters. The summed E-state index contributed by atoms with van der Waals surface area (Å²) < 4.78 is 12.8. The molecule has 0 aliphatic carbocycles. The van der Waals surface area contributed by atoms with Crippen LogP contribution in [0.5, 0.6) is 0 Å². The van der Waals surface area contributed by atoms with Gasteiger partial charge in [0.2, 0.25) is 0 Å². The molecule has 2 aromatic rings. The van der Waals surface area contributed by atoms with Gasteiger partial charge in [0, 0.05) is 15.1 Å². The Morgan fingerprint density at radius 2 is 1.65 bits per heavy atom. The van der Waals surface area contributed by atoms with E-state index in [2.05, 4.69) is 15.9 Å². The van der Waals surface area contributed by atoms with Gasteiger partial charge < -0.3 is 9.47 Å². The van der Waals surface area contributed by atoms with E-state index in [0.717, 1.165) is 10.0 Å². The number of hydrogen-bond acceptors (Lipinski definition) is 3. The highest BCUT2D eigenvalue weighted by atomic mass is 79.9. The molecule has 1 saturated heterocycles. The van der Waals surface area contributed by atoms with Gasteiger partial charge in [-0.2, -0.15) is 0 Å². The molecule has 0 bridgehead atoms. The smallest absolute Gasteiger partial charge is 0.194 e. The normalized spacial score (nSPS) is 23.0. The lowest BCUT2D eigenvalue weighted by Gasteiger charge is -2.16. The minimum absolute atomic E-state index is 0.0944. The van der Waals surface area contributed by atoms with Gasteiger partial charge in [0.05, 0.1) is 0 Å². The first kappa shape index (κ1) is 16.7. The number of hydrogen-bond donors (Lipinski definition) is 0. The van der Waals surface area contributed by atoms with Gasteiger partial charge in [0.25, 0.3) is 0 Å². The summed E-state index contributed by atoms with van der Waals surface area (Å²) in [5, 5.41) is 0.641. The third-order valence-electron chi connectivity index (χ3n) is 3.68. The van der Waals surface area contributed by atoms with Crippen molar-refractivity contribution in [1.29, 1.82) is 0 Å².